The van der Waals surface area contributed by atoms with Crippen molar-refractivity contribution in [2.75, 3.05) is 27.4 Å². The monoisotopic (exact) mass is 373 g/mol. The Balaban J connectivity index is 1.79. The van der Waals surface area contributed by atoms with Gasteiger partial charge < -0.3 is 24.6 Å². The molecule has 0 aliphatic heterocycles. The normalized spacial score (nSPS) is 10.2. The lowest BCUT2D eigenvalue weighted by molar-refractivity contribution is -0.124. The fourth-order valence-corrected chi connectivity index (χ4v) is 2.46. The zero-order valence-corrected chi connectivity index (χ0v) is 15.6. The van der Waals surface area contributed by atoms with Crippen LogP contribution in [0.3, 0.4) is 0 Å². The number of nitrogens with one attached hydrogen (secondary N) is 1. The van der Waals surface area contributed by atoms with Crippen LogP contribution in [0.1, 0.15) is 21.5 Å². The average Bonchev–Trinajstić information content (AvgIpc) is 2.67. The van der Waals surface area contributed by atoms with Crippen molar-refractivity contribution in [3.05, 3.63) is 53.1 Å². The smallest absolute Gasteiger partial charge is 0.342 e. The highest BCUT2D eigenvalue weighted by Crippen LogP contribution is 2.27. The van der Waals surface area contributed by atoms with Gasteiger partial charge in [-0.1, -0.05) is 17.7 Å². The van der Waals surface area contributed by atoms with Gasteiger partial charge in [0.2, 0.25) is 0 Å². The number of phenols is 1. The van der Waals surface area contributed by atoms with Gasteiger partial charge in [0, 0.05) is 6.54 Å². The van der Waals surface area contributed by atoms with Crippen LogP contribution < -0.4 is 14.8 Å². The van der Waals surface area contributed by atoms with E-state index in [0.29, 0.717) is 24.5 Å². The van der Waals surface area contributed by atoms with Gasteiger partial charge in [-0.25, -0.2) is 4.79 Å². The van der Waals surface area contributed by atoms with E-state index in [1.807, 2.05) is 12.1 Å². The molecule has 0 spiro atoms. The number of phenolic OH excluding ortho intramolecular Hbond substituents is 1. The second kappa shape index (κ2) is 9.47. The molecule has 144 valence electrons. The fourth-order valence-electron chi connectivity index (χ4n) is 2.46. The second-order valence-electron chi connectivity index (χ2n) is 5.89. The van der Waals surface area contributed by atoms with Crippen molar-refractivity contribution in [1.82, 2.24) is 5.32 Å². The van der Waals surface area contributed by atoms with Gasteiger partial charge >= 0.3 is 5.97 Å². The molecule has 0 saturated carbocycles. The Morgan fingerprint density at radius 3 is 2.48 bits per heavy atom. The Kier molecular flexibility index (Phi) is 7.05. The molecule has 2 N–H and O–H groups in total. The van der Waals surface area contributed by atoms with Crippen LogP contribution in [0.4, 0.5) is 0 Å². The highest BCUT2D eigenvalue weighted by molar-refractivity contribution is 5.94. The first-order valence-electron chi connectivity index (χ1n) is 8.39. The van der Waals surface area contributed by atoms with Crippen LogP contribution in [0.25, 0.3) is 0 Å². The summed E-state index contributed by atoms with van der Waals surface area (Å²) >= 11 is 0. The molecule has 2 aromatic rings. The van der Waals surface area contributed by atoms with Gasteiger partial charge in [0.15, 0.2) is 18.1 Å². The minimum absolute atomic E-state index is 0.0353. The molecule has 0 aliphatic carbocycles. The van der Waals surface area contributed by atoms with Crippen molar-refractivity contribution < 1.29 is 28.9 Å². The number of carbonyl (C=O) groups is 2. The highest BCUT2D eigenvalue weighted by atomic mass is 16.5. The molecule has 1 amide bonds. The molecule has 2 rings (SSSR count). The van der Waals surface area contributed by atoms with E-state index in [1.165, 1.54) is 12.1 Å². The summed E-state index contributed by atoms with van der Waals surface area (Å²) in [5, 5.41) is 12.4. The molecule has 7 heteroatoms. The number of benzene rings is 2. The Hall–Kier alpha value is -3.22. The summed E-state index contributed by atoms with van der Waals surface area (Å²) in [7, 11) is 3.12. The van der Waals surface area contributed by atoms with E-state index in [1.54, 1.807) is 33.3 Å². The minimum atomic E-state index is -0.744. The first-order valence-corrected chi connectivity index (χ1v) is 8.39. The van der Waals surface area contributed by atoms with E-state index >= 15 is 0 Å². The summed E-state index contributed by atoms with van der Waals surface area (Å²) in [6, 6.07) is 10.1. The van der Waals surface area contributed by atoms with Gasteiger partial charge in [0.25, 0.3) is 5.91 Å². The van der Waals surface area contributed by atoms with Crippen molar-refractivity contribution in [2.45, 2.75) is 13.3 Å². The molecule has 7 nitrogen and oxygen atoms in total. The summed E-state index contributed by atoms with van der Waals surface area (Å²) < 4.78 is 15.4. The van der Waals surface area contributed by atoms with E-state index in [9.17, 15) is 14.7 Å². The van der Waals surface area contributed by atoms with Crippen LogP contribution in [-0.2, 0) is 16.0 Å². The minimum Gasteiger partial charge on any atom is -0.507 e. The van der Waals surface area contributed by atoms with Crippen molar-refractivity contribution >= 4 is 11.9 Å². The first kappa shape index (κ1) is 20.1. The standard InChI is InChI=1S/C20H23NO6/c1-13-4-6-16(22)15(10-13)20(24)27-12-19(23)21-9-8-14-5-7-17(25-2)18(11-14)26-3/h4-7,10-11,22H,8-9,12H2,1-3H3,(H,21,23). The molecule has 0 saturated heterocycles. The van der Waals surface area contributed by atoms with Crippen LogP contribution in [0.15, 0.2) is 36.4 Å². The summed E-state index contributed by atoms with van der Waals surface area (Å²) in [4.78, 5) is 23.8. The quantitative estimate of drug-likeness (QED) is 0.689. The Morgan fingerprint density at radius 1 is 1.04 bits per heavy atom. The molecule has 2 aromatic carbocycles. The lowest BCUT2D eigenvalue weighted by atomic mass is 10.1. The summed E-state index contributed by atoms with van der Waals surface area (Å²) in [6.07, 6.45) is 0.582. The fraction of sp³-hybridized carbons (Fsp3) is 0.300. The van der Waals surface area contributed by atoms with E-state index in [0.717, 1.165) is 11.1 Å². The SMILES string of the molecule is COc1ccc(CCNC(=O)COC(=O)c2cc(C)ccc2O)cc1OC. The average molecular weight is 373 g/mol. The molecular formula is C20H23NO6. The van der Waals surface area contributed by atoms with Gasteiger partial charge in [-0.15, -0.1) is 0 Å². The maximum absolute atomic E-state index is 12.0. The molecule has 27 heavy (non-hydrogen) atoms. The zero-order chi connectivity index (χ0) is 19.8. The third-order valence-corrected chi connectivity index (χ3v) is 3.89. The van der Waals surface area contributed by atoms with E-state index in [2.05, 4.69) is 5.32 Å². The summed E-state index contributed by atoms with van der Waals surface area (Å²) in [5.41, 5.74) is 1.81. The van der Waals surface area contributed by atoms with Crippen LogP contribution in [0.5, 0.6) is 17.2 Å². The van der Waals surface area contributed by atoms with Crippen LogP contribution in [0, 0.1) is 6.92 Å². The van der Waals surface area contributed by atoms with Gasteiger partial charge in [-0.2, -0.15) is 0 Å². The Bertz CT molecular complexity index is 818. The number of amides is 1. The third kappa shape index (κ3) is 5.64. The topological polar surface area (TPSA) is 94.1 Å². The van der Waals surface area contributed by atoms with Crippen molar-refractivity contribution in [3.63, 3.8) is 0 Å². The number of hydrogen-bond acceptors (Lipinski definition) is 6. The molecule has 0 fully saturated rings. The largest absolute Gasteiger partial charge is 0.507 e. The Morgan fingerprint density at radius 2 is 1.78 bits per heavy atom. The van der Waals surface area contributed by atoms with Gasteiger partial charge in [0.1, 0.15) is 11.3 Å². The highest BCUT2D eigenvalue weighted by Gasteiger charge is 2.14. The maximum atomic E-state index is 12.0. The van der Waals surface area contributed by atoms with Crippen molar-refractivity contribution in [2.24, 2.45) is 0 Å². The first-order chi connectivity index (χ1) is 12.9. The van der Waals surface area contributed by atoms with Crippen molar-refractivity contribution in [1.29, 1.82) is 0 Å². The molecule has 0 aliphatic rings. The lowest BCUT2D eigenvalue weighted by Crippen LogP contribution is -2.30. The van der Waals surface area contributed by atoms with Gasteiger partial charge in [-0.3, -0.25) is 4.79 Å². The third-order valence-electron chi connectivity index (χ3n) is 3.89. The molecule has 0 unspecified atom stereocenters. The zero-order valence-electron chi connectivity index (χ0n) is 15.6. The number of aromatic hydroxyl groups is 1. The van der Waals surface area contributed by atoms with E-state index in [4.69, 9.17) is 14.2 Å². The summed E-state index contributed by atoms with van der Waals surface area (Å²) in [5.74, 6) is -0.0912. The van der Waals surface area contributed by atoms with Crippen LogP contribution >= 0.6 is 0 Å². The number of carbonyl (C=O) groups excluding carboxylic acids is 2. The molecule has 0 heterocycles. The van der Waals surface area contributed by atoms with Gasteiger partial charge in [0.05, 0.1) is 14.2 Å². The molecule has 0 radical (unpaired) electrons. The number of ether oxygens (including phenoxy) is 3. The molecule has 0 aromatic heterocycles. The van der Waals surface area contributed by atoms with E-state index < -0.39 is 18.5 Å². The summed E-state index contributed by atoms with van der Waals surface area (Å²) in [6.45, 7) is 1.75. The van der Waals surface area contributed by atoms with Crippen LogP contribution in [-0.4, -0.2) is 44.4 Å². The van der Waals surface area contributed by atoms with E-state index in [-0.39, 0.29) is 11.3 Å². The lowest BCUT2D eigenvalue weighted by Gasteiger charge is -2.10. The predicted molar refractivity (Wildman–Crippen MR) is 99.4 cm³/mol. The Labute approximate surface area is 157 Å². The number of aryl methyl sites for hydroxylation is 1. The molecule has 0 bridgehead atoms. The van der Waals surface area contributed by atoms with Crippen LogP contribution in [0.2, 0.25) is 0 Å². The number of methoxy groups -OCH3 is 2. The molecule has 0 atom stereocenters. The number of rotatable bonds is 8. The second-order valence-corrected chi connectivity index (χ2v) is 5.89. The predicted octanol–water partition coefficient (Wildman–Crippen LogP) is 2.23. The maximum Gasteiger partial charge on any atom is 0.342 e. The van der Waals surface area contributed by atoms with Gasteiger partial charge in [-0.05, 0) is 43.2 Å². The number of esters is 1. The number of hydrogen-bond donors (Lipinski definition) is 2. The van der Waals surface area contributed by atoms with Crippen molar-refractivity contribution in [3.8, 4) is 17.2 Å². The molecular weight excluding hydrogens is 350 g/mol.